The Bertz CT molecular complexity index is 735. The lowest BCUT2D eigenvalue weighted by Gasteiger charge is -2.18. The standard InChI is InChI=1S/C15H11ClN2O2/c1-8-4-2-6-10(16)13(8)18-14(19)9-5-3-7-11(17)12(9)15(18)20/h2-7H,17H2,1H3. The van der Waals surface area contributed by atoms with E-state index in [4.69, 9.17) is 17.3 Å². The first kappa shape index (κ1) is 12.7. The van der Waals surface area contributed by atoms with Crippen molar-refractivity contribution in [1.29, 1.82) is 0 Å². The molecule has 2 aromatic carbocycles. The van der Waals surface area contributed by atoms with E-state index in [1.54, 1.807) is 43.3 Å². The zero-order valence-electron chi connectivity index (χ0n) is 10.7. The second-order valence-electron chi connectivity index (χ2n) is 4.62. The van der Waals surface area contributed by atoms with Gasteiger partial charge in [0.15, 0.2) is 0 Å². The first-order valence-electron chi connectivity index (χ1n) is 6.04. The maximum Gasteiger partial charge on any atom is 0.268 e. The highest BCUT2D eigenvalue weighted by molar-refractivity contribution is 6.40. The van der Waals surface area contributed by atoms with Gasteiger partial charge in [0.1, 0.15) is 0 Å². The number of nitrogens with two attached hydrogens (primary N) is 1. The van der Waals surface area contributed by atoms with Crippen molar-refractivity contribution in [2.24, 2.45) is 0 Å². The molecule has 0 atom stereocenters. The molecule has 100 valence electrons. The van der Waals surface area contributed by atoms with E-state index in [1.165, 1.54) is 0 Å². The molecular weight excluding hydrogens is 276 g/mol. The molecule has 0 spiro atoms. The molecule has 0 bridgehead atoms. The average Bonchev–Trinajstić information content (AvgIpc) is 2.65. The lowest BCUT2D eigenvalue weighted by atomic mass is 10.1. The summed E-state index contributed by atoms with van der Waals surface area (Å²) in [6, 6.07) is 10.1. The van der Waals surface area contributed by atoms with Crippen molar-refractivity contribution in [1.82, 2.24) is 0 Å². The van der Waals surface area contributed by atoms with Gasteiger partial charge in [-0.2, -0.15) is 0 Å². The van der Waals surface area contributed by atoms with E-state index in [1.807, 2.05) is 0 Å². The smallest absolute Gasteiger partial charge is 0.268 e. The summed E-state index contributed by atoms with van der Waals surface area (Å²) in [5.74, 6) is -0.826. The molecule has 0 aromatic heterocycles. The van der Waals surface area contributed by atoms with Gasteiger partial charge >= 0.3 is 0 Å². The third-order valence-electron chi connectivity index (χ3n) is 3.36. The number of anilines is 2. The third kappa shape index (κ3) is 1.62. The van der Waals surface area contributed by atoms with Crippen LogP contribution in [0.1, 0.15) is 26.3 Å². The van der Waals surface area contributed by atoms with E-state index >= 15 is 0 Å². The second-order valence-corrected chi connectivity index (χ2v) is 5.03. The summed E-state index contributed by atoms with van der Waals surface area (Å²) in [7, 11) is 0. The fraction of sp³-hybridized carbons (Fsp3) is 0.0667. The number of amides is 2. The van der Waals surface area contributed by atoms with Crippen molar-refractivity contribution in [3.8, 4) is 0 Å². The number of nitrogen functional groups attached to an aromatic ring is 1. The lowest BCUT2D eigenvalue weighted by Crippen LogP contribution is -2.30. The van der Waals surface area contributed by atoms with E-state index < -0.39 is 11.8 Å². The monoisotopic (exact) mass is 286 g/mol. The second kappa shape index (κ2) is 4.35. The van der Waals surface area contributed by atoms with Crippen LogP contribution in [-0.4, -0.2) is 11.8 Å². The molecule has 2 amide bonds. The third-order valence-corrected chi connectivity index (χ3v) is 3.66. The van der Waals surface area contributed by atoms with Crippen molar-refractivity contribution in [2.75, 3.05) is 10.6 Å². The molecule has 0 unspecified atom stereocenters. The minimum Gasteiger partial charge on any atom is -0.398 e. The number of para-hydroxylation sites is 1. The number of hydrogen-bond donors (Lipinski definition) is 1. The van der Waals surface area contributed by atoms with Crippen LogP contribution in [0.2, 0.25) is 5.02 Å². The molecule has 5 heteroatoms. The first-order chi connectivity index (χ1) is 9.52. The van der Waals surface area contributed by atoms with Gasteiger partial charge in [-0.1, -0.05) is 29.8 Å². The van der Waals surface area contributed by atoms with Gasteiger partial charge in [-0.3, -0.25) is 9.59 Å². The van der Waals surface area contributed by atoms with E-state index in [0.29, 0.717) is 22.0 Å². The summed E-state index contributed by atoms with van der Waals surface area (Å²) in [5.41, 5.74) is 7.84. The molecule has 1 aliphatic heterocycles. The first-order valence-corrected chi connectivity index (χ1v) is 6.42. The Hall–Kier alpha value is -2.33. The SMILES string of the molecule is Cc1cccc(Cl)c1N1C(=O)c2cccc(N)c2C1=O. The van der Waals surface area contributed by atoms with Crippen LogP contribution in [0, 0.1) is 6.92 Å². The molecule has 1 aliphatic rings. The van der Waals surface area contributed by atoms with Gasteiger partial charge in [0.05, 0.1) is 21.8 Å². The molecule has 0 saturated carbocycles. The van der Waals surface area contributed by atoms with Crippen molar-refractivity contribution < 1.29 is 9.59 Å². The van der Waals surface area contributed by atoms with Crippen LogP contribution in [0.4, 0.5) is 11.4 Å². The number of rotatable bonds is 1. The molecule has 0 saturated heterocycles. The van der Waals surface area contributed by atoms with Crippen LogP contribution < -0.4 is 10.6 Å². The van der Waals surface area contributed by atoms with E-state index in [2.05, 4.69) is 0 Å². The largest absolute Gasteiger partial charge is 0.398 e. The quantitative estimate of drug-likeness (QED) is 0.647. The highest BCUT2D eigenvalue weighted by Crippen LogP contribution is 2.37. The number of carbonyl (C=O) groups excluding carboxylic acids is 2. The van der Waals surface area contributed by atoms with E-state index in [-0.39, 0.29) is 5.56 Å². The Morgan fingerprint density at radius 3 is 2.40 bits per heavy atom. The van der Waals surface area contributed by atoms with Crippen LogP contribution >= 0.6 is 11.6 Å². The molecule has 20 heavy (non-hydrogen) atoms. The number of aryl methyl sites for hydroxylation is 1. The number of imide groups is 1. The summed E-state index contributed by atoms with van der Waals surface area (Å²) < 4.78 is 0. The predicted octanol–water partition coefficient (Wildman–Crippen LogP) is 3.03. The van der Waals surface area contributed by atoms with Crippen LogP contribution in [0.25, 0.3) is 0 Å². The topological polar surface area (TPSA) is 63.4 Å². The van der Waals surface area contributed by atoms with Crippen LogP contribution in [0.15, 0.2) is 36.4 Å². The van der Waals surface area contributed by atoms with Crippen molar-refractivity contribution in [3.63, 3.8) is 0 Å². The number of hydrogen-bond acceptors (Lipinski definition) is 3. The Balaban J connectivity index is 2.23. The van der Waals surface area contributed by atoms with Gasteiger partial charge in [0.25, 0.3) is 11.8 Å². The Kier molecular flexibility index (Phi) is 2.76. The molecule has 3 rings (SSSR count). The number of halogens is 1. The summed E-state index contributed by atoms with van der Waals surface area (Å²) >= 11 is 6.15. The highest BCUT2D eigenvalue weighted by atomic mass is 35.5. The molecule has 2 N–H and O–H groups in total. The molecule has 1 heterocycles. The Morgan fingerprint density at radius 2 is 1.75 bits per heavy atom. The van der Waals surface area contributed by atoms with Crippen LogP contribution in [0.3, 0.4) is 0 Å². The zero-order chi connectivity index (χ0) is 14.4. The zero-order valence-corrected chi connectivity index (χ0v) is 11.4. The molecule has 0 fully saturated rings. The maximum absolute atomic E-state index is 12.5. The number of fused-ring (bicyclic) bond motifs is 1. The molecule has 2 aromatic rings. The number of nitrogens with zero attached hydrogens (tertiary/aromatic N) is 1. The number of benzene rings is 2. The molecule has 4 nitrogen and oxygen atoms in total. The maximum atomic E-state index is 12.5. The summed E-state index contributed by atoms with van der Waals surface area (Å²) in [6.07, 6.45) is 0. The Labute approximate surface area is 120 Å². The molecule has 0 radical (unpaired) electrons. The summed E-state index contributed by atoms with van der Waals surface area (Å²) in [4.78, 5) is 26.1. The van der Waals surface area contributed by atoms with Gasteiger partial charge in [0, 0.05) is 5.69 Å². The van der Waals surface area contributed by atoms with Gasteiger partial charge in [-0.25, -0.2) is 4.90 Å². The Morgan fingerprint density at radius 1 is 1.05 bits per heavy atom. The van der Waals surface area contributed by atoms with Crippen LogP contribution in [-0.2, 0) is 0 Å². The molecular formula is C15H11ClN2O2. The van der Waals surface area contributed by atoms with Crippen molar-refractivity contribution in [2.45, 2.75) is 6.92 Å². The minimum atomic E-state index is -0.431. The fourth-order valence-corrected chi connectivity index (χ4v) is 2.73. The van der Waals surface area contributed by atoms with E-state index in [0.717, 1.165) is 10.5 Å². The van der Waals surface area contributed by atoms with Crippen LogP contribution in [0.5, 0.6) is 0 Å². The van der Waals surface area contributed by atoms with Gasteiger partial charge < -0.3 is 5.73 Å². The number of carbonyl (C=O) groups is 2. The van der Waals surface area contributed by atoms with Crippen molar-refractivity contribution in [3.05, 3.63) is 58.1 Å². The van der Waals surface area contributed by atoms with Gasteiger partial charge in [0.2, 0.25) is 0 Å². The van der Waals surface area contributed by atoms with Gasteiger partial charge in [-0.15, -0.1) is 0 Å². The lowest BCUT2D eigenvalue weighted by molar-refractivity contribution is 0.0926. The summed E-state index contributed by atoms with van der Waals surface area (Å²) in [5, 5.41) is 0.359. The minimum absolute atomic E-state index is 0.247. The molecule has 0 aliphatic carbocycles. The fourth-order valence-electron chi connectivity index (χ4n) is 2.42. The average molecular weight is 287 g/mol. The summed E-state index contributed by atoms with van der Waals surface area (Å²) in [6.45, 7) is 1.80. The van der Waals surface area contributed by atoms with Crippen molar-refractivity contribution >= 4 is 34.8 Å². The van der Waals surface area contributed by atoms with Gasteiger partial charge in [-0.05, 0) is 30.7 Å². The normalized spacial score (nSPS) is 13.8. The predicted molar refractivity (Wildman–Crippen MR) is 78.2 cm³/mol. The highest BCUT2D eigenvalue weighted by Gasteiger charge is 2.39. The van der Waals surface area contributed by atoms with E-state index in [9.17, 15) is 9.59 Å².